The number of furan rings is 2. The number of hydrogen-bond donors (Lipinski definition) is 0. The maximum atomic E-state index is 6.65. The summed E-state index contributed by atoms with van der Waals surface area (Å²) in [4.78, 5) is 0. The summed E-state index contributed by atoms with van der Waals surface area (Å²) in [6, 6.07) is 56.0. The van der Waals surface area contributed by atoms with Gasteiger partial charge in [0.2, 0.25) is 0 Å². The number of fused-ring (bicyclic) bond motifs is 8. The Hall–Kier alpha value is -6.12. The highest BCUT2D eigenvalue weighted by atomic mass is 16.3. The molecule has 0 atom stereocenters. The van der Waals surface area contributed by atoms with Crippen molar-refractivity contribution in [1.29, 1.82) is 0 Å². The zero-order valence-corrected chi connectivity index (χ0v) is 24.8. The van der Waals surface area contributed by atoms with Gasteiger partial charge >= 0.3 is 0 Å². The fourth-order valence-electron chi connectivity index (χ4n) is 7.63. The molecule has 0 bridgehead atoms. The molecule has 8 aromatic carbocycles. The first-order valence-corrected chi connectivity index (χ1v) is 15.7. The zero-order valence-electron chi connectivity index (χ0n) is 24.8. The van der Waals surface area contributed by atoms with Crippen LogP contribution < -0.4 is 0 Å². The average Bonchev–Trinajstić information content (AvgIpc) is 3.70. The second-order valence-electron chi connectivity index (χ2n) is 11.9. The molecule has 0 fully saturated rings. The Bertz CT molecular complexity index is 2740. The van der Waals surface area contributed by atoms with Crippen LogP contribution in [-0.2, 0) is 0 Å². The smallest absolute Gasteiger partial charge is 0.136 e. The molecule has 10 aromatic rings. The van der Waals surface area contributed by atoms with Gasteiger partial charge in [0.05, 0.1) is 0 Å². The highest BCUT2D eigenvalue weighted by Gasteiger charge is 2.22. The first-order valence-electron chi connectivity index (χ1n) is 15.7. The molecule has 2 heterocycles. The van der Waals surface area contributed by atoms with E-state index in [1.807, 2.05) is 12.1 Å². The average molecular weight is 587 g/mol. The summed E-state index contributed by atoms with van der Waals surface area (Å²) in [6.07, 6.45) is 0. The Labute approximate surface area is 264 Å². The van der Waals surface area contributed by atoms with Gasteiger partial charge in [-0.25, -0.2) is 0 Å². The van der Waals surface area contributed by atoms with Gasteiger partial charge in [0.25, 0.3) is 0 Å². The first-order chi connectivity index (χ1) is 22.8. The fourth-order valence-corrected chi connectivity index (χ4v) is 7.63. The minimum absolute atomic E-state index is 0.874. The molecule has 2 nitrogen and oxygen atoms in total. The van der Waals surface area contributed by atoms with Crippen LogP contribution in [0.15, 0.2) is 167 Å². The lowest BCUT2D eigenvalue weighted by Gasteiger charge is -2.18. The molecule has 10 rings (SSSR count). The predicted molar refractivity (Wildman–Crippen MR) is 192 cm³/mol. The Morgan fingerprint density at radius 1 is 0.261 bits per heavy atom. The van der Waals surface area contributed by atoms with E-state index >= 15 is 0 Å². The van der Waals surface area contributed by atoms with Crippen molar-refractivity contribution in [3.05, 3.63) is 158 Å². The van der Waals surface area contributed by atoms with E-state index in [0.29, 0.717) is 0 Å². The van der Waals surface area contributed by atoms with Gasteiger partial charge in [0, 0.05) is 21.5 Å². The molecule has 0 unspecified atom stereocenters. The van der Waals surface area contributed by atoms with Crippen molar-refractivity contribution in [1.82, 2.24) is 0 Å². The molecule has 0 radical (unpaired) electrons. The van der Waals surface area contributed by atoms with E-state index in [9.17, 15) is 0 Å². The minimum Gasteiger partial charge on any atom is -0.456 e. The standard InChI is InChI=1S/C44H26O2/c1-2-13-27(14-3-1)40-28-15-4-6-17-30(28)41(31-18-7-5-16-29(31)40)35-22-12-26-39-44(35)43-33(21-11-25-38(43)46-39)32-20-10-24-37-42(32)34-19-8-9-23-36(34)45-37/h1-26H. The van der Waals surface area contributed by atoms with Gasteiger partial charge in [0.1, 0.15) is 22.3 Å². The molecule has 2 heteroatoms. The van der Waals surface area contributed by atoms with Gasteiger partial charge in [-0.2, -0.15) is 0 Å². The van der Waals surface area contributed by atoms with E-state index < -0.39 is 0 Å². The van der Waals surface area contributed by atoms with Gasteiger partial charge in [-0.15, -0.1) is 0 Å². The van der Waals surface area contributed by atoms with Crippen molar-refractivity contribution in [2.75, 3.05) is 0 Å². The molecular formula is C44H26O2. The Morgan fingerprint density at radius 3 is 1.30 bits per heavy atom. The lowest BCUT2D eigenvalue weighted by atomic mass is 9.84. The Balaban J connectivity index is 1.36. The molecule has 214 valence electrons. The largest absolute Gasteiger partial charge is 0.456 e. The van der Waals surface area contributed by atoms with E-state index in [1.54, 1.807) is 0 Å². The molecule has 0 amide bonds. The second-order valence-corrected chi connectivity index (χ2v) is 11.9. The first kappa shape index (κ1) is 25.2. The summed E-state index contributed by atoms with van der Waals surface area (Å²) in [5.41, 5.74) is 10.7. The molecule has 0 N–H and O–H groups in total. The molecule has 0 aliphatic rings. The van der Waals surface area contributed by atoms with Crippen LogP contribution >= 0.6 is 0 Å². The van der Waals surface area contributed by atoms with Gasteiger partial charge in [-0.1, -0.05) is 133 Å². The van der Waals surface area contributed by atoms with E-state index in [4.69, 9.17) is 8.83 Å². The Morgan fingerprint density at radius 2 is 0.674 bits per heavy atom. The summed E-state index contributed by atoms with van der Waals surface area (Å²) in [5, 5.41) is 9.41. The normalized spacial score (nSPS) is 11.9. The van der Waals surface area contributed by atoms with E-state index in [-0.39, 0.29) is 0 Å². The van der Waals surface area contributed by atoms with Crippen molar-refractivity contribution < 1.29 is 8.83 Å². The van der Waals surface area contributed by atoms with Gasteiger partial charge in [0.15, 0.2) is 0 Å². The Kier molecular flexibility index (Phi) is 5.31. The minimum atomic E-state index is 0.874. The monoisotopic (exact) mass is 586 g/mol. The fraction of sp³-hybridized carbons (Fsp3) is 0. The maximum absolute atomic E-state index is 6.65. The van der Waals surface area contributed by atoms with Crippen LogP contribution in [0.5, 0.6) is 0 Å². The van der Waals surface area contributed by atoms with Crippen LogP contribution in [0.1, 0.15) is 0 Å². The van der Waals surface area contributed by atoms with Crippen LogP contribution in [0.25, 0.3) is 98.8 Å². The molecule has 0 saturated carbocycles. The summed E-state index contributed by atoms with van der Waals surface area (Å²) in [7, 11) is 0. The van der Waals surface area contributed by atoms with E-state index in [0.717, 1.165) is 55.0 Å². The van der Waals surface area contributed by atoms with Crippen molar-refractivity contribution in [3.8, 4) is 33.4 Å². The summed E-state index contributed by atoms with van der Waals surface area (Å²) < 4.78 is 13.0. The molecule has 46 heavy (non-hydrogen) atoms. The third-order valence-corrected chi connectivity index (χ3v) is 9.48. The molecule has 0 saturated heterocycles. The highest BCUT2D eigenvalue weighted by Crippen LogP contribution is 2.49. The summed E-state index contributed by atoms with van der Waals surface area (Å²) >= 11 is 0. The van der Waals surface area contributed by atoms with Crippen LogP contribution in [0.3, 0.4) is 0 Å². The topological polar surface area (TPSA) is 26.3 Å². The number of rotatable bonds is 3. The maximum Gasteiger partial charge on any atom is 0.136 e. The second kappa shape index (κ2) is 9.69. The van der Waals surface area contributed by atoms with Crippen molar-refractivity contribution in [2.45, 2.75) is 0 Å². The molecule has 2 aromatic heterocycles. The van der Waals surface area contributed by atoms with Crippen molar-refractivity contribution >= 4 is 65.4 Å². The van der Waals surface area contributed by atoms with Crippen LogP contribution in [-0.4, -0.2) is 0 Å². The SMILES string of the molecule is c1ccc(-c2c3ccccc3c(-c3cccc4oc5cccc(-c6cccc7oc8ccccc8c67)c5c34)c3ccccc23)cc1. The zero-order chi connectivity index (χ0) is 30.2. The highest BCUT2D eigenvalue weighted by molar-refractivity contribution is 6.28. The van der Waals surface area contributed by atoms with Gasteiger partial charge in [-0.05, 0) is 79.2 Å². The van der Waals surface area contributed by atoms with E-state index in [1.165, 1.54) is 43.8 Å². The summed E-state index contributed by atoms with van der Waals surface area (Å²) in [6.45, 7) is 0. The molecule has 0 spiro atoms. The number of hydrogen-bond acceptors (Lipinski definition) is 2. The van der Waals surface area contributed by atoms with Gasteiger partial charge < -0.3 is 8.83 Å². The number of benzene rings is 8. The third kappa shape index (κ3) is 3.53. The van der Waals surface area contributed by atoms with Gasteiger partial charge in [-0.3, -0.25) is 0 Å². The van der Waals surface area contributed by atoms with Crippen LogP contribution in [0, 0.1) is 0 Å². The molecule has 0 aliphatic heterocycles. The van der Waals surface area contributed by atoms with Crippen LogP contribution in [0.4, 0.5) is 0 Å². The third-order valence-electron chi connectivity index (χ3n) is 9.48. The lowest BCUT2D eigenvalue weighted by molar-refractivity contribution is 0.668. The number of para-hydroxylation sites is 1. The molecular weight excluding hydrogens is 560 g/mol. The van der Waals surface area contributed by atoms with Crippen LogP contribution in [0.2, 0.25) is 0 Å². The lowest BCUT2D eigenvalue weighted by Crippen LogP contribution is -1.91. The van der Waals surface area contributed by atoms with Crippen molar-refractivity contribution in [3.63, 3.8) is 0 Å². The van der Waals surface area contributed by atoms with Crippen molar-refractivity contribution in [2.24, 2.45) is 0 Å². The quantitative estimate of drug-likeness (QED) is 0.193. The molecule has 0 aliphatic carbocycles. The summed E-state index contributed by atoms with van der Waals surface area (Å²) in [5.74, 6) is 0. The van der Waals surface area contributed by atoms with E-state index in [2.05, 4.69) is 146 Å². The predicted octanol–water partition coefficient (Wildman–Crippen LogP) is 12.8.